The largest absolute Gasteiger partial charge is 0.0616 e. The highest BCUT2D eigenvalue weighted by atomic mass is 14.4. The van der Waals surface area contributed by atoms with Gasteiger partial charge >= 0.3 is 0 Å². The maximum atomic E-state index is 2.42. The third-order valence-electron chi connectivity index (χ3n) is 12.2. The van der Waals surface area contributed by atoms with Crippen molar-refractivity contribution < 1.29 is 0 Å². The molecule has 0 heteroatoms. The monoisotopic (exact) mass is 698 g/mol. The molecule has 10 aromatic rings. The maximum absolute atomic E-state index is 2.42. The molecule has 0 spiro atoms. The molecule has 0 aromatic heterocycles. The molecule has 258 valence electrons. The van der Waals surface area contributed by atoms with Crippen molar-refractivity contribution in [1.82, 2.24) is 0 Å². The lowest BCUT2D eigenvalue weighted by molar-refractivity contribution is 0.661. The van der Waals surface area contributed by atoms with Gasteiger partial charge in [-0.25, -0.2) is 0 Å². The van der Waals surface area contributed by atoms with E-state index in [-0.39, 0.29) is 5.41 Å². The number of fused-ring (bicyclic) bond motifs is 7. The van der Waals surface area contributed by atoms with Gasteiger partial charge in [0.25, 0.3) is 0 Å². The lowest BCUT2D eigenvalue weighted by Crippen LogP contribution is -2.14. The van der Waals surface area contributed by atoms with E-state index < -0.39 is 0 Å². The predicted molar refractivity (Wildman–Crippen MR) is 236 cm³/mol. The van der Waals surface area contributed by atoms with Crippen LogP contribution in [0.1, 0.15) is 25.0 Å². The number of hydrogen-bond donors (Lipinski definition) is 0. The molecule has 0 atom stereocenters. The summed E-state index contributed by atoms with van der Waals surface area (Å²) in [4.78, 5) is 0. The van der Waals surface area contributed by atoms with Gasteiger partial charge < -0.3 is 0 Å². The smallest absolute Gasteiger partial charge is 0.0159 e. The molecule has 55 heavy (non-hydrogen) atoms. The highest BCUT2D eigenvalue weighted by Gasteiger charge is 2.35. The van der Waals surface area contributed by atoms with E-state index in [1.54, 1.807) is 0 Å². The molecular formula is C55H38. The molecule has 0 saturated carbocycles. The third kappa shape index (κ3) is 4.92. The summed E-state index contributed by atoms with van der Waals surface area (Å²) in [6, 6.07) is 72.2. The van der Waals surface area contributed by atoms with E-state index in [2.05, 4.69) is 208 Å². The van der Waals surface area contributed by atoms with Gasteiger partial charge in [0.1, 0.15) is 0 Å². The minimum atomic E-state index is -0.0403. The molecular weight excluding hydrogens is 661 g/mol. The Bertz CT molecular complexity index is 3100. The number of rotatable bonds is 4. The standard InChI is InChI=1S/C55H38/c1-55(2)51-30-29-41(33-49(51)50-32-39-15-5-6-16-40(39)34-52(50)55)36-23-26-37(27-24-36)53-45-19-9-11-21-47(45)54(48-22-12-10-20-46(48)53)44-18-8-7-17-43(44)42-28-25-35-13-3-4-14-38(35)31-42/h3-34H,1-2H3. The van der Waals surface area contributed by atoms with E-state index in [0.29, 0.717) is 0 Å². The van der Waals surface area contributed by atoms with E-state index in [0.717, 1.165) is 0 Å². The van der Waals surface area contributed by atoms with Crippen molar-refractivity contribution in [2.24, 2.45) is 0 Å². The quantitative estimate of drug-likeness (QED) is 0.161. The molecule has 1 aliphatic carbocycles. The second-order valence-corrected chi connectivity index (χ2v) is 15.7. The van der Waals surface area contributed by atoms with Gasteiger partial charge in [-0.1, -0.05) is 184 Å². The summed E-state index contributed by atoms with van der Waals surface area (Å²) < 4.78 is 0. The van der Waals surface area contributed by atoms with Crippen molar-refractivity contribution in [1.29, 1.82) is 0 Å². The van der Waals surface area contributed by atoms with E-state index in [4.69, 9.17) is 0 Å². The van der Waals surface area contributed by atoms with Crippen molar-refractivity contribution in [3.05, 3.63) is 205 Å². The second-order valence-electron chi connectivity index (χ2n) is 15.7. The molecule has 10 aromatic carbocycles. The maximum Gasteiger partial charge on any atom is 0.0159 e. The van der Waals surface area contributed by atoms with Crippen LogP contribution in [0.3, 0.4) is 0 Å². The summed E-state index contributed by atoms with van der Waals surface area (Å²) in [6.45, 7) is 4.73. The SMILES string of the molecule is CC1(C)c2ccc(-c3ccc(-c4c5ccccc5c(-c5ccccc5-c5ccc6ccccc6c5)c5ccccc45)cc3)cc2-c2cc3ccccc3cc21. The van der Waals surface area contributed by atoms with Gasteiger partial charge in [-0.15, -0.1) is 0 Å². The minimum Gasteiger partial charge on any atom is -0.0616 e. The van der Waals surface area contributed by atoms with Gasteiger partial charge in [0, 0.05) is 5.41 Å². The molecule has 0 nitrogen and oxygen atoms in total. The Labute approximate surface area is 322 Å². The van der Waals surface area contributed by atoms with Crippen LogP contribution in [0.5, 0.6) is 0 Å². The molecule has 0 amide bonds. The van der Waals surface area contributed by atoms with Gasteiger partial charge in [0.05, 0.1) is 0 Å². The predicted octanol–water partition coefficient (Wildman–Crippen LogP) is 15.3. The fourth-order valence-corrected chi connectivity index (χ4v) is 9.49. The molecule has 0 heterocycles. The average Bonchev–Trinajstić information content (AvgIpc) is 3.46. The number of benzene rings is 10. The highest BCUT2D eigenvalue weighted by molar-refractivity contribution is 6.22. The zero-order valence-electron chi connectivity index (χ0n) is 31.0. The molecule has 11 rings (SSSR count). The van der Waals surface area contributed by atoms with Crippen molar-refractivity contribution in [3.63, 3.8) is 0 Å². The minimum absolute atomic E-state index is 0.0403. The molecule has 0 saturated heterocycles. The molecule has 0 radical (unpaired) electrons. The van der Waals surface area contributed by atoms with Gasteiger partial charge in [0.15, 0.2) is 0 Å². The van der Waals surface area contributed by atoms with Gasteiger partial charge in [-0.2, -0.15) is 0 Å². The first-order valence-electron chi connectivity index (χ1n) is 19.3. The van der Waals surface area contributed by atoms with Gasteiger partial charge in [-0.3, -0.25) is 0 Å². The summed E-state index contributed by atoms with van der Waals surface area (Å²) in [7, 11) is 0. The highest BCUT2D eigenvalue weighted by Crippen LogP contribution is 2.51. The van der Waals surface area contributed by atoms with Gasteiger partial charge in [0.2, 0.25) is 0 Å². The van der Waals surface area contributed by atoms with Crippen molar-refractivity contribution in [2.75, 3.05) is 0 Å². The molecule has 1 aliphatic rings. The topological polar surface area (TPSA) is 0 Å². The van der Waals surface area contributed by atoms with Crippen molar-refractivity contribution >= 4 is 43.1 Å². The van der Waals surface area contributed by atoms with E-state index in [1.165, 1.54) is 110 Å². The first kappa shape index (κ1) is 31.7. The Balaban J connectivity index is 1.05. The Morgan fingerprint density at radius 2 is 0.745 bits per heavy atom. The normalized spacial score (nSPS) is 13.1. The van der Waals surface area contributed by atoms with Crippen LogP contribution in [0.25, 0.3) is 98.7 Å². The second kappa shape index (κ2) is 12.1. The van der Waals surface area contributed by atoms with Crippen LogP contribution in [0.2, 0.25) is 0 Å². The molecule has 0 fully saturated rings. The molecule has 0 unspecified atom stereocenters. The molecule has 0 bridgehead atoms. The summed E-state index contributed by atoms with van der Waals surface area (Å²) in [6.07, 6.45) is 0. The number of hydrogen-bond acceptors (Lipinski definition) is 0. The van der Waals surface area contributed by atoms with E-state index in [9.17, 15) is 0 Å². The van der Waals surface area contributed by atoms with Crippen LogP contribution < -0.4 is 0 Å². The average molecular weight is 699 g/mol. The fraction of sp³-hybridized carbons (Fsp3) is 0.0545. The fourth-order valence-electron chi connectivity index (χ4n) is 9.49. The summed E-state index contributed by atoms with van der Waals surface area (Å²) in [5.41, 5.74) is 15.5. The first-order valence-corrected chi connectivity index (χ1v) is 19.3. The summed E-state index contributed by atoms with van der Waals surface area (Å²) in [5.74, 6) is 0. The zero-order chi connectivity index (χ0) is 36.7. The Kier molecular flexibility index (Phi) is 7.00. The Hall–Kier alpha value is -6.76. The first-order chi connectivity index (χ1) is 27.0. The van der Waals surface area contributed by atoms with Gasteiger partial charge in [-0.05, 0) is 134 Å². The van der Waals surface area contributed by atoms with Crippen LogP contribution in [0.15, 0.2) is 194 Å². The summed E-state index contributed by atoms with van der Waals surface area (Å²) >= 11 is 0. The lowest BCUT2D eigenvalue weighted by atomic mass is 9.81. The lowest BCUT2D eigenvalue weighted by Gasteiger charge is -2.22. The van der Waals surface area contributed by atoms with Crippen LogP contribution in [0, 0.1) is 0 Å². The van der Waals surface area contributed by atoms with Crippen LogP contribution in [-0.2, 0) is 5.41 Å². The Morgan fingerprint density at radius 1 is 0.273 bits per heavy atom. The van der Waals surface area contributed by atoms with E-state index in [1.807, 2.05) is 0 Å². The molecule has 0 aliphatic heterocycles. The van der Waals surface area contributed by atoms with E-state index >= 15 is 0 Å². The van der Waals surface area contributed by atoms with Crippen LogP contribution in [-0.4, -0.2) is 0 Å². The van der Waals surface area contributed by atoms with Crippen LogP contribution >= 0.6 is 0 Å². The zero-order valence-corrected chi connectivity index (χ0v) is 31.0. The van der Waals surface area contributed by atoms with Crippen LogP contribution in [0.4, 0.5) is 0 Å². The summed E-state index contributed by atoms with van der Waals surface area (Å²) in [5, 5.41) is 10.2. The molecule has 0 N–H and O–H groups in total. The van der Waals surface area contributed by atoms with Crippen molar-refractivity contribution in [3.8, 4) is 55.6 Å². The Morgan fingerprint density at radius 3 is 1.42 bits per heavy atom. The third-order valence-corrected chi connectivity index (χ3v) is 12.2. The van der Waals surface area contributed by atoms with Crippen molar-refractivity contribution in [2.45, 2.75) is 19.3 Å².